The minimum atomic E-state index is -4.50. The number of nitrogens with zero attached hydrogens (tertiary/aromatic N) is 3. The number of esters is 1. The molecule has 11 heteroatoms. The molecule has 0 saturated carbocycles. The standard InChI is InChI=1S/C26H25F3N4O4/c1-16-11-22-20(14-21(32-33-22)18-3-2-4-19(13-18)26(27,28)29)23(12-16)37-25(35)24(36-10-9-34)31-15-17-5-7-30-8-6-17/h2-9,13-14,16,23-24,31H,10-12,15H2,1H3. The number of hydrogen-bond donors (Lipinski definition) is 1. The van der Waals surface area contributed by atoms with Crippen molar-refractivity contribution in [3.05, 3.63) is 77.2 Å². The number of rotatable bonds is 9. The van der Waals surface area contributed by atoms with Crippen LogP contribution in [0.2, 0.25) is 0 Å². The van der Waals surface area contributed by atoms with E-state index in [1.165, 1.54) is 12.1 Å². The normalized spacial score (nSPS) is 18.1. The van der Waals surface area contributed by atoms with Crippen molar-refractivity contribution in [3.8, 4) is 11.3 Å². The first-order valence-corrected chi connectivity index (χ1v) is 11.7. The number of alkyl halides is 3. The second-order valence-corrected chi connectivity index (χ2v) is 8.80. The monoisotopic (exact) mass is 514 g/mol. The maximum Gasteiger partial charge on any atom is 0.416 e. The Kier molecular flexibility index (Phi) is 8.24. The fraction of sp³-hybridized carbons (Fsp3) is 0.346. The van der Waals surface area contributed by atoms with E-state index >= 15 is 0 Å². The Morgan fingerprint density at radius 2 is 1.97 bits per heavy atom. The predicted molar refractivity (Wildman–Crippen MR) is 126 cm³/mol. The highest BCUT2D eigenvalue weighted by Crippen LogP contribution is 2.37. The van der Waals surface area contributed by atoms with Gasteiger partial charge in [-0.05, 0) is 54.7 Å². The van der Waals surface area contributed by atoms with Crippen LogP contribution in [-0.2, 0) is 38.2 Å². The molecule has 4 rings (SSSR count). The highest BCUT2D eigenvalue weighted by molar-refractivity contribution is 5.75. The lowest BCUT2D eigenvalue weighted by atomic mass is 9.85. The first-order valence-electron chi connectivity index (χ1n) is 11.7. The van der Waals surface area contributed by atoms with Crippen LogP contribution in [0, 0.1) is 5.92 Å². The molecule has 0 bridgehead atoms. The van der Waals surface area contributed by atoms with Crippen LogP contribution >= 0.6 is 0 Å². The number of hydrogen-bond acceptors (Lipinski definition) is 8. The van der Waals surface area contributed by atoms with E-state index in [0.29, 0.717) is 30.4 Å². The van der Waals surface area contributed by atoms with Gasteiger partial charge in [-0.2, -0.15) is 23.4 Å². The van der Waals surface area contributed by atoms with Gasteiger partial charge in [-0.15, -0.1) is 0 Å². The average molecular weight is 515 g/mol. The first-order chi connectivity index (χ1) is 17.7. The van der Waals surface area contributed by atoms with Gasteiger partial charge < -0.3 is 14.3 Å². The summed E-state index contributed by atoms with van der Waals surface area (Å²) >= 11 is 0. The zero-order valence-electron chi connectivity index (χ0n) is 19.9. The van der Waals surface area contributed by atoms with Gasteiger partial charge in [0.05, 0.1) is 17.0 Å². The van der Waals surface area contributed by atoms with Crippen LogP contribution in [0.25, 0.3) is 11.3 Å². The lowest BCUT2D eigenvalue weighted by molar-refractivity contribution is -0.167. The number of benzene rings is 1. The lowest BCUT2D eigenvalue weighted by Crippen LogP contribution is -2.41. The minimum Gasteiger partial charge on any atom is -0.454 e. The Labute approximate surface area is 211 Å². The molecule has 2 heterocycles. The molecular weight excluding hydrogens is 489 g/mol. The number of nitrogens with one attached hydrogen (secondary N) is 1. The van der Waals surface area contributed by atoms with E-state index in [1.807, 2.05) is 6.92 Å². The van der Waals surface area contributed by atoms with Gasteiger partial charge in [-0.3, -0.25) is 10.3 Å². The highest BCUT2D eigenvalue weighted by atomic mass is 19.4. The summed E-state index contributed by atoms with van der Waals surface area (Å²) in [5, 5.41) is 11.3. The van der Waals surface area contributed by atoms with Crippen molar-refractivity contribution >= 4 is 12.3 Å². The van der Waals surface area contributed by atoms with E-state index < -0.39 is 30.0 Å². The molecule has 0 fully saturated rings. The van der Waals surface area contributed by atoms with Crippen LogP contribution in [0.4, 0.5) is 13.2 Å². The van der Waals surface area contributed by atoms with Crippen LogP contribution in [0.5, 0.6) is 0 Å². The zero-order chi connectivity index (χ0) is 26.4. The molecule has 1 N–H and O–H groups in total. The molecule has 194 valence electrons. The zero-order valence-corrected chi connectivity index (χ0v) is 19.9. The molecule has 3 unspecified atom stereocenters. The molecule has 1 aliphatic rings. The maximum atomic E-state index is 13.2. The summed E-state index contributed by atoms with van der Waals surface area (Å²) in [6, 6.07) is 9.97. The summed E-state index contributed by atoms with van der Waals surface area (Å²) in [7, 11) is 0. The summed E-state index contributed by atoms with van der Waals surface area (Å²) < 4.78 is 50.8. The number of aromatic nitrogens is 3. The fourth-order valence-electron chi connectivity index (χ4n) is 4.14. The molecule has 0 aliphatic heterocycles. The number of ether oxygens (including phenoxy) is 2. The molecule has 3 atom stereocenters. The second kappa shape index (κ2) is 11.6. The summed E-state index contributed by atoms with van der Waals surface area (Å²) in [6.07, 6.45) is -1.59. The molecule has 8 nitrogen and oxygen atoms in total. The molecule has 37 heavy (non-hydrogen) atoms. The Hall–Kier alpha value is -3.70. The van der Waals surface area contributed by atoms with E-state index in [-0.39, 0.29) is 30.3 Å². The van der Waals surface area contributed by atoms with Crippen molar-refractivity contribution in [1.29, 1.82) is 0 Å². The Balaban J connectivity index is 1.56. The van der Waals surface area contributed by atoms with Crippen molar-refractivity contribution in [2.45, 2.75) is 44.8 Å². The summed E-state index contributed by atoms with van der Waals surface area (Å²) in [6.45, 7) is 1.93. The van der Waals surface area contributed by atoms with E-state index in [9.17, 15) is 22.8 Å². The molecule has 0 amide bonds. The van der Waals surface area contributed by atoms with E-state index in [2.05, 4.69) is 20.5 Å². The predicted octanol–water partition coefficient (Wildman–Crippen LogP) is 4.06. The molecule has 3 aromatic rings. The van der Waals surface area contributed by atoms with Crippen molar-refractivity contribution in [2.75, 3.05) is 6.61 Å². The molecule has 0 radical (unpaired) electrons. The number of halogens is 3. The van der Waals surface area contributed by atoms with Gasteiger partial charge in [0.1, 0.15) is 19.0 Å². The molecular formula is C26H25F3N4O4. The number of pyridine rings is 1. The third kappa shape index (κ3) is 6.75. The van der Waals surface area contributed by atoms with Crippen LogP contribution in [0.15, 0.2) is 54.9 Å². The lowest BCUT2D eigenvalue weighted by Gasteiger charge is -2.30. The Morgan fingerprint density at radius 1 is 1.19 bits per heavy atom. The molecule has 1 aliphatic carbocycles. The van der Waals surface area contributed by atoms with Gasteiger partial charge in [-0.1, -0.05) is 19.1 Å². The quantitative estimate of drug-likeness (QED) is 0.259. The third-order valence-electron chi connectivity index (χ3n) is 5.94. The number of fused-ring (bicyclic) bond motifs is 1. The van der Waals surface area contributed by atoms with Gasteiger partial charge in [0.25, 0.3) is 0 Å². The summed E-state index contributed by atoms with van der Waals surface area (Å²) in [5.41, 5.74) is 1.74. The number of carbonyl (C=O) groups is 2. The van der Waals surface area contributed by atoms with Gasteiger partial charge >= 0.3 is 12.1 Å². The van der Waals surface area contributed by atoms with Crippen LogP contribution in [-0.4, -0.2) is 40.3 Å². The minimum absolute atomic E-state index is 0.123. The topological polar surface area (TPSA) is 103 Å². The Morgan fingerprint density at radius 3 is 2.70 bits per heavy atom. The number of aldehydes is 1. The van der Waals surface area contributed by atoms with Crippen molar-refractivity contribution < 1.29 is 32.2 Å². The smallest absolute Gasteiger partial charge is 0.416 e. The SMILES string of the molecule is CC1Cc2nnc(-c3cccc(C(F)(F)F)c3)cc2C(OC(=O)C(NCc2ccncc2)OCC=O)C1. The fourth-order valence-corrected chi connectivity index (χ4v) is 4.14. The van der Waals surface area contributed by atoms with E-state index in [4.69, 9.17) is 9.47 Å². The van der Waals surface area contributed by atoms with Crippen LogP contribution < -0.4 is 5.32 Å². The average Bonchev–Trinajstić information content (AvgIpc) is 2.88. The van der Waals surface area contributed by atoms with Gasteiger partial charge in [0.15, 0.2) is 0 Å². The highest BCUT2D eigenvalue weighted by Gasteiger charge is 2.33. The van der Waals surface area contributed by atoms with E-state index in [1.54, 1.807) is 30.6 Å². The molecule has 1 aromatic carbocycles. The summed E-state index contributed by atoms with van der Waals surface area (Å²) in [4.78, 5) is 27.9. The van der Waals surface area contributed by atoms with Crippen molar-refractivity contribution in [2.24, 2.45) is 5.92 Å². The molecule has 0 spiro atoms. The van der Waals surface area contributed by atoms with Crippen molar-refractivity contribution in [3.63, 3.8) is 0 Å². The van der Waals surface area contributed by atoms with Gasteiger partial charge in [0, 0.05) is 30.1 Å². The maximum absolute atomic E-state index is 13.2. The van der Waals surface area contributed by atoms with Gasteiger partial charge in [0.2, 0.25) is 6.23 Å². The van der Waals surface area contributed by atoms with Crippen molar-refractivity contribution in [1.82, 2.24) is 20.5 Å². The molecule has 2 aromatic heterocycles. The molecule has 0 saturated heterocycles. The Bertz CT molecular complexity index is 1240. The summed E-state index contributed by atoms with van der Waals surface area (Å²) in [5.74, 6) is -0.600. The first kappa shape index (κ1) is 26.4. The second-order valence-electron chi connectivity index (χ2n) is 8.80. The van der Waals surface area contributed by atoms with Crippen LogP contribution in [0.1, 0.15) is 41.8 Å². The largest absolute Gasteiger partial charge is 0.454 e. The van der Waals surface area contributed by atoms with E-state index in [0.717, 1.165) is 17.7 Å². The van der Waals surface area contributed by atoms with Gasteiger partial charge in [-0.25, -0.2) is 4.79 Å². The van der Waals surface area contributed by atoms with Crippen LogP contribution in [0.3, 0.4) is 0 Å². The third-order valence-corrected chi connectivity index (χ3v) is 5.94. The number of carbonyl (C=O) groups excluding carboxylic acids is 2.